The van der Waals surface area contributed by atoms with Crippen molar-refractivity contribution in [1.29, 1.82) is 5.26 Å². The van der Waals surface area contributed by atoms with Gasteiger partial charge in [0.1, 0.15) is 11.5 Å². The van der Waals surface area contributed by atoms with E-state index in [9.17, 15) is 4.79 Å². The molecule has 2 aromatic rings. The third kappa shape index (κ3) is 5.25. The first-order chi connectivity index (χ1) is 13.6. The number of hydrogen-bond acceptors (Lipinski definition) is 8. The molecule has 2 aromatic heterocycles. The van der Waals surface area contributed by atoms with Gasteiger partial charge in [-0.05, 0) is 45.6 Å². The highest BCUT2D eigenvalue weighted by Crippen LogP contribution is 2.31. The molecule has 1 unspecified atom stereocenters. The summed E-state index contributed by atoms with van der Waals surface area (Å²) in [6.07, 6.45) is 2.08. The van der Waals surface area contributed by atoms with Crippen LogP contribution in [0, 0.1) is 11.3 Å². The van der Waals surface area contributed by atoms with Crippen molar-refractivity contribution in [2.24, 2.45) is 0 Å². The number of likely N-dealkylation sites (tertiary alicyclic amines) is 1. The van der Waals surface area contributed by atoms with Crippen LogP contribution in [0.2, 0.25) is 0 Å². The number of amides is 1. The lowest BCUT2D eigenvalue weighted by molar-refractivity contribution is 0.0947. The number of anilines is 2. The zero-order chi connectivity index (χ0) is 19.9. The summed E-state index contributed by atoms with van der Waals surface area (Å²) in [4.78, 5) is 25.4. The Bertz CT molecular complexity index is 845. The Morgan fingerprint density at radius 2 is 2.29 bits per heavy atom. The van der Waals surface area contributed by atoms with Gasteiger partial charge in [-0.2, -0.15) is 5.26 Å². The Labute approximate surface area is 169 Å². The van der Waals surface area contributed by atoms with Crippen molar-refractivity contribution in [3.05, 3.63) is 35.0 Å². The summed E-state index contributed by atoms with van der Waals surface area (Å²) in [6, 6.07) is 8.24. The van der Waals surface area contributed by atoms with Crippen molar-refractivity contribution in [1.82, 2.24) is 25.1 Å². The van der Waals surface area contributed by atoms with Crippen molar-refractivity contribution in [2.75, 3.05) is 45.6 Å². The van der Waals surface area contributed by atoms with Gasteiger partial charge in [-0.1, -0.05) is 6.07 Å². The fourth-order valence-corrected chi connectivity index (χ4v) is 3.87. The van der Waals surface area contributed by atoms with Crippen LogP contribution < -0.4 is 10.6 Å². The van der Waals surface area contributed by atoms with E-state index >= 15 is 0 Å². The molecule has 8 nitrogen and oxygen atoms in total. The summed E-state index contributed by atoms with van der Waals surface area (Å²) in [5, 5.41) is 17.4. The molecule has 0 radical (unpaired) electrons. The summed E-state index contributed by atoms with van der Waals surface area (Å²) in [5.41, 5.74) is 1.36. The minimum Gasteiger partial charge on any atom is -0.349 e. The number of aromatic nitrogens is 2. The van der Waals surface area contributed by atoms with Crippen LogP contribution in [0.4, 0.5) is 10.9 Å². The lowest BCUT2D eigenvalue weighted by Gasteiger charge is -2.21. The molecule has 9 heteroatoms. The number of nitriles is 1. The maximum atomic E-state index is 12.2. The van der Waals surface area contributed by atoms with Crippen LogP contribution in [0.3, 0.4) is 0 Å². The molecule has 2 N–H and O–H groups in total. The van der Waals surface area contributed by atoms with Crippen molar-refractivity contribution in [2.45, 2.75) is 18.9 Å². The first-order valence-electron chi connectivity index (χ1n) is 9.30. The summed E-state index contributed by atoms with van der Waals surface area (Å²) in [7, 11) is 3.92. The quantitative estimate of drug-likeness (QED) is 0.657. The van der Waals surface area contributed by atoms with Crippen molar-refractivity contribution in [3.8, 4) is 6.07 Å². The molecule has 1 amide bonds. The Morgan fingerprint density at radius 1 is 1.43 bits per heavy atom. The molecule has 148 valence electrons. The molecular weight excluding hydrogens is 374 g/mol. The molecule has 3 heterocycles. The highest BCUT2D eigenvalue weighted by atomic mass is 32.1. The van der Waals surface area contributed by atoms with Crippen LogP contribution in [0.1, 0.15) is 35.1 Å². The maximum absolute atomic E-state index is 12.2. The number of nitrogens with one attached hydrogen (secondary N) is 2. The monoisotopic (exact) mass is 399 g/mol. The number of likely N-dealkylation sites (N-methyl/N-ethyl adjacent to an activating group) is 1. The van der Waals surface area contributed by atoms with Crippen LogP contribution in [0.25, 0.3) is 0 Å². The third-order valence-corrected chi connectivity index (χ3v) is 5.32. The van der Waals surface area contributed by atoms with Crippen LogP contribution in [-0.2, 0) is 0 Å². The molecular formula is C19H25N7OS. The van der Waals surface area contributed by atoms with E-state index in [0.29, 0.717) is 29.7 Å². The molecule has 0 aromatic carbocycles. The van der Waals surface area contributed by atoms with E-state index in [0.717, 1.165) is 31.6 Å². The Kier molecular flexibility index (Phi) is 6.92. The molecule has 3 rings (SSSR count). The lowest BCUT2D eigenvalue weighted by atomic mass is 10.1. The normalized spacial score (nSPS) is 16.9. The van der Waals surface area contributed by atoms with Crippen LogP contribution in [0.15, 0.2) is 23.6 Å². The Balaban J connectivity index is 1.63. The minimum atomic E-state index is -0.175. The fraction of sp³-hybridized carbons (Fsp3) is 0.474. The van der Waals surface area contributed by atoms with Gasteiger partial charge in [0.25, 0.3) is 5.91 Å². The van der Waals surface area contributed by atoms with Gasteiger partial charge in [0.05, 0.1) is 24.3 Å². The van der Waals surface area contributed by atoms with Gasteiger partial charge < -0.3 is 15.5 Å². The molecule has 1 aliphatic heterocycles. The van der Waals surface area contributed by atoms with Gasteiger partial charge in [-0.3, -0.25) is 9.69 Å². The van der Waals surface area contributed by atoms with Gasteiger partial charge in [0.15, 0.2) is 5.13 Å². The second kappa shape index (κ2) is 9.59. The third-order valence-electron chi connectivity index (χ3n) is 4.57. The van der Waals surface area contributed by atoms with Crippen LogP contribution in [0.5, 0.6) is 0 Å². The topological polar surface area (TPSA) is 97.2 Å². The molecule has 28 heavy (non-hydrogen) atoms. The average molecular weight is 400 g/mol. The number of nitrogens with zero attached hydrogens (tertiary/aromatic N) is 5. The molecule has 0 saturated carbocycles. The van der Waals surface area contributed by atoms with E-state index in [1.54, 1.807) is 5.38 Å². The van der Waals surface area contributed by atoms with Gasteiger partial charge in [-0.15, -0.1) is 11.3 Å². The molecule has 0 bridgehead atoms. The summed E-state index contributed by atoms with van der Waals surface area (Å²) < 4.78 is 0. The second-order valence-electron chi connectivity index (χ2n) is 6.96. The predicted octanol–water partition coefficient (Wildman–Crippen LogP) is 2.23. The van der Waals surface area contributed by atoms with Gasteiger partial charge in [0, 0.05) is 18.5 Å². The second-order valence-corrected chi connectivity index (χ2v) is 7.81. The van der Waals surface area contributed by atoms with Crippen molar-refractivity contribution < 1.29 is 4.79 Å². The molecule has 0 aliphatic carbocycles. The molecule has 1 aliphatic rings. The van der Waals surface area contributed by atoms with Crippen LogP contribution >= 0.6 is 11.3 Å². The molecule has 1 fully saturated rings. The number of carbonyl (C=O) groups excluding carboxylic acids is 1. The highest BCUT2D eigenvalue weighted by Gasteiger charge is 2.26. The maximum Gasteiger partial charge on any atom is 0.270 e. The standard InChI is InChI=1S/C19H25N7OS/c1-25(2)12-9-21-18(27)15-13-28-19(23-15)24-17-7-3-5-14(22-17)16-6-4-10-26(16)11-8-20/h3,5,7,13,16H,4,6,9-12H2,1-2H3,(H,21,27)(H,22,23,24). The van der Waals surface area contributed by atoms with Gasteiger partial charge in [-0.25, -0.2) is 9.97 Å². The largest absolute Gasteiger partial charge is 0.349 e. The lowest BCUT2D eigenvalue weighted by Crippen LogP contribution is -2.31. The molecule has 0 spiro atoms. The minimum absolute atomic E-state index is 0.175. The number of pyridine rings is 1. The van der Waals surface area contributed by atoms with E-state index in [1.807, 2.05) is 37.2 Å². The molecule has 1 saturated heterocycles. The highest BCUT2D eigenvalue weighted by molar-refractivity contribution is 7.14. The van der Waals surface area contributed by atoms with E-state index in [2.05, 4.69) is 26.6 Å². The Hall–Kier alpha value is -2.54. The van der Waals surface area contributed by atoms with E-state index in [4.69, 9.17) is 10.2 Å². The number of thiazole rings is 1. The average Bonchev–Trinajstić information content (AvgIpc) is 3.31. The summed E-state index contributed by atoms with van der Waals surface area (Å²) in [6.45, 7) is 2.71. The van der Waals surface area contributed by atoms with E-state index in [-0.39, 0.29) is 11.9 Å². The Morgan fingerprint density at radius 3 is 3.07 bits per heavy atom. The number of hydrogen-bond donors (Lipinski definition) is 2. The number of rotatable bonds is 8. The van der Waals surface area contributed by atoms with E-state index in [1.165, 1.54) is 11.3 Å². The summed E-state index contributed by atoms with van der Waals surface area (Å²) >= 11 is 1.37. The zero-order valence-corrected chi connectivity index (χ0v) is 17.0. The summed E-state index contributed by atoms with van der Waals surface area (Å²) in [5.74, 6) is 0.515. The van der Waals surface area contributed by atoms with Crippen molar-refractivity contribution in [3.63, 3.8) is 0 Å². The van der Waals surface area contributed by atoms with Crippen LogP contribution in [-0.4, -0.2) is 65.9 Å². The first-order valence-corrected chi connectivity index (χ1v) is 10.2. The first kappa shape index (κ1) is 20.2. The van der Waals surface area contributed by atoms with E-state index < -0.39 is 0 Å². The SMILES string of the molecule is CN(C)CCNC(=O)c1csc(Nc2cccc(C3CCCN3CC#N)n2)n1. The smallest absolute Gasteiger partial charge is 0.270 e. The predicted molar refractivity (Wildman–Crippen MR) is 110 cm³/mol. The van der Waals surface area contributed by atoms with Gasteiger partial charge >= 0.3 is 0 Å². The van der Waals surface area contributed by atoms with Crippen molar-refractivity contribution >= 4 is 28.2 Å². The van der Waals surface area contributed by atoms with Gasteiger partial charge in [0.2, 0.25) is 0 Å². The molecule has 1 atom stereocenters. The number of carbonyl (C=O) groups is 1. The zero-order valence-electron chi connectivity index (χ0n) is 16.2. The fourth-order valence-electron chi connectivity index (χ4n) is 3.18.